The fourth-order valence-electron chi connectivity index (χ4n) is 1.42. The maximum Gasteiger partial charge on any atom is 0.255 e. The maximum atomic E-state index is 12.1. The van der Waals surface area contributed by atoms with Crippen LogP contribution in [-0.4, -0.2) is 24.4 Å². The van der Waals surface area contributed by atoms with Crippen LogP contribution in [0, 0.1) is 17.2 Å². The van der Waals surface area contributed by atoms with E-state index in [9.17, 15) is 4.79 Å². The second-order valence-corrected chi connectivity index (χ2v) is 4.80. The van der Waals surface area contributed by atoms with Crippen LogP contribution in [-0.2, 0) is 0 Å². The van der Waals surface area contributed by atoms with Gasteiger partial charge in [-0.25, -0.2) is 0 Å². The van der Waals surface area contributed by atoms with Crippen molar-refractivity contribution in [1.82, 2.24) is 4.90 Å². The summed E-state index contributed by atoms with van der Waals surface area (Å²) in [6.45, 7) is 2.14. The molecule has 1 atom stereocenters. The van der Waals surface area contributed by atoms with Crippen molar-refractivity contribution in [2.24, 2.45) is 5.92 Å². The first-order valence-electron chi connectivity index (χ1n) is 5.09. The van der Waals surface area contributed by atoms with Crippen LogP contribution in [0.15, 0.2) is 23.1 Å². The van der Waals surface area contributed by atoms with Gasteiger partial charge < -0.3 is 4.90 Å². The average molecular weight is 269 g/mol. The Labute approximate surface area is 111 Å². The molecule has 90 valence electrons. The van der Waals surface area contributed by atoms with Gasteiger partial charge in [-0.3, -0.25) is 4.79 Å². The largest absolute Gasteiger partial charge is 0.340 e. The Bertz CT molecular complexity index is 470. The summed E-state index contributed by atoms with van der Waals surface area (Å²) in [7, 11) is 1.65. The lowest BCUT2D eigenvalue weighted by atomic mass is 10.1. The highest BCUT2D eigenvalue weighted by Crippen LogP contribution is 2.21. The fourth-order valence-corrected chi connectivity index (χ4v) is 1.82. The van der Waals surface area contributed by atoms with Crippen LogP contribution in [0.25, 0.3) is 0 Å². The number of hydrogen-bond acceptors (Lipinski definition) is 3. The number of nitrogens with zero attached hydrogens (tertiary/aromatic N) is 2. The van der Waals surface area contributed by atoms with Crippen molar-refractivity contribution in [1.29, 1.82) is 5.26 Å². The Morgan fingerprint density at radius 1 is 1.65 bits per heavy atom. The molecule has 17 heavy (non-hydrogen) atoms. The highest BCUT2D eigenvalue weighted by Gasteiger charge is 2.17. The van der Waals surface area contributed by atoms with Crippen LogP contribution >= 0.6 is 24.2 Å². The van der Waals surface area contributed by atoms with Gasteiger partial charge in [-0.1, -0.05) is 11.6 Å². The molecular formula is C12H13ClN2OS. The Kier molecular flexibility index (Phi) is 4.86. The van der Waals surface area contributed by atoms with Crippen LogP contribution in [0.3, 0.4) is 0 Å². The molecule has 0 heterocycles. The van der Waals surface area contributed by atoms with E-state index in [2.05, 4.69) is 18.7 Å². The Morgan fingerprint density at radius 3 is 2.88 bits per heavy atom. The molecule has 1 amide bonds. The first-order chi connectivity index (χ1) is 7.95. The second-order valence-electron chi connectivity index (χ2n) is 3.88. The van der Waals surface area contributed by atoms with Gasteiger partial charge in [0.05, 0.1) is 22.6 Å². The lowest BCUT2D eigenvalue weighted by Crippen LogP contribution is -2.30. The first-order valence-corrected chi connectivity index (χ1v) is 5.91. The van der Waals surface area contributed by atoms with Crippen molar-refractivity contribution in [3.05, 3.63) is 28.8 Å². The van der Waals surface area contributed by atoms with Crippen molar-refractivity contribution < 1.29 is 4.79 Å². The molecule has 0 radical (unpaired) electrons. The topological polar surface area (TPSA) is 44.1 Å². The van der Waals surface area contributed by atoms with Crippen molar-refractivity contribution in [3.63, 3.8) is 0 Å². The van der Waals surface area contributed by atoms with E-state index in [-0.39, 0.29) is 11.8 Å². The number of hydrogen-bond donors (Lipinski definition) is 1. The molecule has 1 aromatic rings. The van der Waals surface area contributed by atoms with E-state index >= 15 is 0 Å². The zero-order valence-corrected chi connectivity index (χ0v) is 11.3. The van der Waals surface area contributed by atoms with Crippen molar-refractivity contribution in [2.45, 2.75) is 11.8 Å². The molecule has 0 fully saturated rings. The van der Waals surface area contributed by atoms with Gasteiger partial charge in [-0.05, 0) is 25.1 Å². The van der Waals surface area contributed by atoms with Gasteiger partial charge in [0.2, 0.25) is 0 Å². The minimum atomic E-state index is -0.207. The van der Waals surface area contributed by atoms with Gasteiger partial charge in [0, 0.05) is 18.5 Å². The molecule has 0 aliphatic carbocycles. The minimum Gasteiger partial charge on any atom is -0.340 e. The van der Waals surface area contributed by atoms with Crippen LogP contribution in [0.2, 0.25) is 5.02 Å². The molecule has 1 rings (SSSR count). The summed E-state index contributed by atoms with van der Waals surface area (Å²) < 4.78 is 0. The molecule has 3 nitrogen and oxygen atoms in total. The fraction of sp³-hybridized carbons (Fsp3) is 0.333. The summed E-state index contributed by atoms with van der Waals surface area (Å²) in [5, 5.41) is 9.10. The number of nitriles is 1. The standard InChI is InChI=1S/C12H13ClN2OS/c1-8(6-14)7-15(2)12(16)10-5-9(17)3-4-11(10)13/h3-5,8,17H,7H2,1-2H3. The van der Waals surface area contributed by atoms with E-state index in [1.165, 1.54) is 4.90 Å². The number of amides is 1. The van der Waals surface area contributed by atoms with E-state index in [4.69, 9.17) is 16.9 Å². The summed E-state index contributed by atoms with van der Waals surface area (Å²) >= 11 is 10.1. The normalized spacial score (nSPS) is 11.7. The summed E-state index contributed by atoms with van der Waals surface area (Å²) in [6.07, 6.45) is 0. The van der Waals surface area contributed by atoms with Crippen molar-refractivity contribution >= 4 is 30.1 Å². The third-order valence-electron chi connectivity index (χ3n) is 2.30. The van der Waals surface area contributed by atoms with Crippen LogP contribution in [0.1, 0.15) is 17.3 Å². The Morgan fingerprint density at radius 2 is 2.29 bits per heavy atom. The van der Waals surface area contributed by atoms with Crippen LogP contribution in [0.4, 0.5) is 0 Å². The molecule has 0 saturated carbocycles. The zero-order chi connectivity index (χ0) is 13.0. The van der Waals surface area contributed by atoms with Gasteiger partial charge in [-0.15, -0.1) is 12.6 Å². The van der Waals surface area contributed by atoms with Gasteiger partial charge in [0.25, 0.3) is 5.91 Å². The van der Waals surface area contributed by atoms with E-state index in [0.29, 0.717) is 22.0 Å². The summed E-state index contributed by atoms with van der Waals surface area (Å²) in [4.78, 5) is 14.2. The van der Waals surface area contributed by atoms with Crippen molar-refractivity contribution in [2.75, 3.05) is 13.6 Å². The number of carbonyl (C=O) groups excluding carboxylic acids is 1. The predicted molar refractivity (Wildman–Crippen MR) is 70.4 cm³/mol. The lowest BCUT2D eigenvalue weighted by molar-refractivity contribution is 0.0785. The molecule has 5 heteroatoms. The number of rotatable bonds is 3. The summed E-state index contributed by atoms with van der Waals surface area (Å²) in [5.74, 6) is -0.407. The number of carbonyl (C=O) groups is 1. The van der Waals surface area contributed by atoms with Crippen molar-refractivity contribution in [3.8, 4) is 6.07 Å². The minimum absolute atomic E-state index is 0.201. The molecule has 0 spiro atoms. The van der Waals surface area contributed by atoms with Gasteiger partial charge >= 0.3 is 0 Å². The van der Waals surface area contributed by atoms with Gasteiger partial charge in [-0.2, -0.15) is 5.26 Å². The highest BCUT2D eigenvalue weighted by atomic mass is 35.5. The molecule has 0 aliphatic rings. The predicted octanol–water partition coefficient (Wildman–Crippen LogP) is 2.86. The van der Waals surface area contributed by atoms with Crippen LogP contribution in [0.5, 0.6) is 0 Å². The molecule has 0 aromatic heterocycles. The molecular weight excluding hydrogens is 256 g/mol. The molecule has 1 unspecified atom stereocenters. The van der Waals surface area contributed by atoms with E-state index in [1.54, 1.807) is 32.2 Å². The maximum absolute atomic E-state index is 12.1. The Balaban J connectivity index is 2.89. The number of benzene rings is 1. The zero-order valence-electron chi connectivity index (χ0n) is 9.64. The van der Waals surface area contributed by atoms with E-state index in [0.717, 1.165) is 0 Å². The van der Waals surface area contributed by atoms with Crippen LogP contribution < -0.4 is 0 Å². The average Bonchev–Trinajstić information content (AvgIpc) is 2.31. The molecule has 0 bridgehead atoms. The van der Waals surface area contributed by atoms with Gasteiger partial charge in [0.15, 0.2) is 0 Å². The summed E-state index contributed by atoms with van der Waals surface area (Å²) in [5.41, 5.74) is 0.409. The van der Waals surface area contributed by atoms with E-state index in [1.807, 2.05) is 0 Å². The lowest BCUT2D eigenvalue weighted by Gasteiger charge is -2.19. The third-order valence-corrected chi connectivity index (χ3v) is 2.90. The molecule has 0 saturated heterocycles. The quantitative estimate of drug-likeness (QED) is 0.857. The Hall–Kier alpha value is -1.18. The van der Waals surface area contributed by atoms with E-state index < -0.39 is 0 Å². The monoisotopic (exact) mass is 268 g/mol. The SMILES string of the molecule is CC(C#N)CN(C)C(=O)c1cc(S)ccc1Cl. The first kappa shape index (κ1) is 13.9. The highest BCUT2D eigenvalue weighted by molar-refractivity contribution is 7.80. The molecule has 0 aliphatic heterocycles. The second kappa shape index (κ2) is 5.95. The number of halogens is 1. The smallest absolute Gasteiger partial charge is 0.255 e. The third kappa shape index (κ3) is 3.65. The van der Waals surface area contributed by atoms with Gasteiger partial charge in [0.1, 0.15) is 0 Å². The molecule has 1 aromatic carbocycles. The molecule has 0 N–H and O–H groups in total. The summed E-state index contributed by atoms with van der Waals surface area (Å²) in [6, 6.07) is 7.07. The number of thiol groups is 1.